The average Bonchev–Trinajstić information content (AvgIpc) is 3.12. The number of hydrogen-bond acceptors (Lipinski definition) is 4. The molecule has 1 fully saturated rings. The number of rotatable bonds is 5. The van der Waals surface area contributed by atoms with Gasteiger partial charge in [-0.25, -0.2) is 13.6 Å². The van der Waals surface area contributed by atoms with Crippen molar-refractivity contribution in [2.75, 3.05) is 7.11 Å². The Bertz CT molecular complexity index is 594. The van der Waals surface area contributed by atoms with Gasteiger partial charge in [0.25, 0.3) is 5.91 Å². The van der Waals surface area contributed by atoms with Crippen molar-refractivity contribution in [3.63, 3.8) is 0 Å². The van der Waals surface area contributed by atoms with Crippen LogP contribution in [0, 0.1) is 0 Å². The zero-order chi connectivity index (χ0) is 14.0. The van der Waals surface area contributed by atoms with E-state index in [1.807, 2.05) is 0 Å². The van der Waals surface area contributed by atoms with Crippen LogP contribution in [-0.2, 0) is 21.4 Å². The smallest absolute Gasteiger partial charge is 0.251 e. The highest BCUT2D eigenvalue weighted by Crippen LogP contribution is 2.21. The van der Waals surface area contributed by atoms with Crippen LogP contribution in [0.4, 0.5) is 0 Å². The van der Waals surface area contributed by atoms with Gasteiger partial charge in [0, 0.05) is 18.7 Å². The predicted octanol–water partition coefficient (Wildman–Crippen LogP) is 0.373. The number of ether oxygens (including phenoxy) is 1. The van der Waals surface area contributed by atoms with Crippen LogP contribution in [0.1, 0.15) is 28.8 Å². The molecule has 19 heavy (non-hydrogen) atoms. The first-order valence-electron chi connectivity index (χ1n) is 5.87. The van der Waals surface area contributed by atoms with Gasteiger partial charge < -0.3 is 10.1 Å². The Morgan fingerprint density at radius 1 is 1.47 bits per heavy atom. The monoisotopic (exact) mass is 284 g/mol. The van der Waals surface area contributed by atoms with Crippen LogP contribution in [0.2, 0.25) is 0 Å². The number of nitrogens with one attached hydrogen (secondary N) is 1. The van der Waals surface area contributed by atoms with E-state index in [2.05, 4.69) is 5.32 Å². The molecule has 0 aliphatic heterocycles. The summed E-state index contributed by atoms with van der Waals surface area (Å²) in [6, 6.07) is 4.62. The Morgan fingerprint density at radius 3 is 2.68 bits per heavy atom. The normalized spacial score (nSPS) is 15.3. The highest BCUT2D eigenvalue weighted by Gasteiger charge is 2.24. The molecule has 0 aromatic heterocycles. The minimum absolute atomic E-state index is 0.0715. The molecule has 7 heteroatoms. The van der Waals surface area contributed by atoms with Crippen LogP contribution in [0.5, 0.6) is 0 Å². The van der Waals surface area contributed by atoms with Gasteiger partial charge in [-0.1, -0.05) is 6.07 Å². The fourth-order valence-corrected chi connectivity index (χ4v) is 2.52. The van der Waals surface area contributed by atoms with Gasteiger partial charge in [-0.2, -0.15) is 0 Å². The minimum atomic E-state index is -3.88. The lowest BCUT2D eigenvalue weighted by Gasteiger charge is -2.09. The van der Waals surface area contributed by atoms with E-state index in [9.17, 15) is 13.2 Å². The topological polar surface area (TPSA) is 98.5 Å². The quantitative estimate of drug-likeness (QED) is 0.816. The number of amides is 1. The molecule has 0 unspecified atom stereocenters. The van der Waals surface area contributed by atoms with Crippen molar-refractivity contribution < 1.29 is 17.9 Å². The second-order valence-electron chi connectivity index (χ2n) is 4.55. The standard InChI is InChI=1S/C12H16N2O4S/c1-18-7-9-3-2-8(6-11(9)19(13,16)17)12(15)14-10-4-5-10/h2-3,6,10H,4-5,7H2,1H3,(H,14,15)(H2,13,16,17). The first-order chi connectivity index (χ1) is 8.91. The maximum absolute atomic E-state index is 11.9. The summed E-state index contributed by atoms with van der Waals surface area (Å²) in [4.78, 5) is 11.8. The van der Waals surface area contributed by atoms with E-state index in [-0.39, 0.29) is 29.0 Å². The maximum Gasteiger partial charge on any atom is 0.251 e. The van der Waals surface area contributed by atoms with Crippen LogP contribution in [-0.4, -0.2) is 27.5 Å². The maximum atomic E-state index is 11.9. The third kappa shape index (κ3) is 3.52. The van der Waals surface area contributed by atoms with Gasteiger partial charge in [0.05, 0.1) is 11.5 Å². The van der Waals surface area contributed by atoms with Crippen molar-refractivity contribution in [1.29, 1.82) is 0 Å². The first-order valence-corrected chi connectivity index (χ1v) is 7.42. The summed E-state index contributed by atoms with van der Waals surface area (Å²) in [6.07, 6.45) is 1.94. The van der Waals surface area contributed by atoms with Gasteiger partial charge >= 0.3 is 0 Å². The van der Waals surface area contributed by atoms with Gasteiger partial charge in [-0.15, -0.1) is 0 Å². The third-order valence-electron chi connectivity index (χ3n) is 2.85. The summed E-state index contributed by atoms with van der Waals surface area (Å²) in [6.45, 7) is 0.121. The van der Waals surface area contributed by atoms with E-state index in [0.717, 1.165) is 12.8 Å². The molecule has 0 radical (unpaired) electrons. The van der Waals surface area contributed by atoms with Gasteiger partial charge in [0.2, 0.25) is 10.0 Å². The fourth-order valence-electron chi connectivity index (χ4n) is 1.73. The molecule has 1 aromatic carbocycles. The Kier molecular flexibility index (Phi) is 3.88. The molecule has 1 amide bonds. The molecule has 1 saturated carbocycles. The number of hydrogen-bond donors (Lipinski definition) is 2. The van der Waals surface area contributed by atoms with Crippen molar-refractivity contribution in [2.45, 2.75) is 30.4 Å². The lowest BCUT2D eigenvalue weighted by atomic mass is 10.1. The second-order valence-corrected chi connectivity index (χ2v) is 6.08. The van der Waals surface area contributed by atoms with Crippen LogP contribution < -0.4 is 10.5 Å². The summed E-state index contributed by atoms with van der Waals surface area (Å²) >= 11 is 0. The van der Waals surface area contributed by atoms with Crippen LogP contribution in [0.25, 0.3) is 0 Å². The highest BCUT2D eigenvalue weighted by atomic mass is 32.2. The molecule has 0 spiro atoms. The number of nitrogens with two attached hydrogens (primary N) is 1. The Hall–Kier alpha value is -1.44. The van der Waals surface area contributed by atoms with Gasteiger partial charge in [-0.3, -0.25) is 4.79 Å². The van der Waals surface area contributed by atoms with Gasteiger partial charge in [0.1, 0.15) is 0 Å². The molecule has 1 aromatic rings. The molecule has 0 bridgehead atoms. The number of methoxy groups -OCH3 is 1. The predicted molar refractivity (Wildman–Crippen MR) is 69.0 cm³/mol. The summed E-state index contributed by atoms with van der Waals surface area (Å²) < 4.78 is 28.0. The lowest BCUT2D eigenvalue weighted by Crippen LogP contribution is -2.26. The molecule has 1 aliphatic carbocycles. The summed E-state index contributed by atoms with van der Waals surface area (Å²) in [7, 11) is -2.43. The molecular weight excluding hydrogens is 268 g/mol. The van der Waals surface area contributed by atoms with E-state index in [1.54, 1.807) is 12.1 Å². The summed E-state index contributed by atoms with van der Waals surface area (Å²) in [5.41, 5.74) is 0.726. The molecule has 0 atom stereocenters. The van der Waals surface area contributed by atoms with Crippen molar-refractivity contribution in [3.8, 4) is 0 Å². The fraction of sp³-hybridized carbons (Fsp3) is 0.417. The molecule has 0 heterocycles. The van der Waals surface area contributed by atoms with Crippen LogP contribution in [0.15, 0.2) is 23.1 Å². The molecular formula is C12H16N2O4S. The largest absolute Gasteiger partial charge is 0.380 e. The van der Waals surface area contributed by atoms with Crippen molar-refractivity contribution >= 4 is 15.9 Å². The SMILES string of the molecule is COCc1ccc(C(=O)NC2CC2)cc1S(N)(=O)=O. The van der Waals surface area contributed by atoms with Gasteiger partial charge in [0.15, 0.2) is 0 Å². The van der Waals surface area contributed by atoms with E-state index >= 15 is 0 Å². The molecule has 1 aliphatic rings. The van der Waals surface area contributed by atoms with E-state index in [0.29, 0.717) is 5.56 Å². The molecule has 3 N–H and O–H groups in total. The summed E-state index contributed by atoms with van der Waals surface area (Å²) in [5.74, 6) is -0.281. The first kappa shape index (κ1) is 14.0. The average molecular weight is 284 g/mol. The Morgan fingerprint density at radius 2 is 2.16 bits per heavy atom. The third-order valence-corrected chi connectivity index (χ3v) is 3.84. The second kappa shape index (κ2) is 5.28. The van der Waals surface area contributed by atoms with E-state index < -0.39 is 10.0 Å². The Labute approximate surface area is 112 Å². The van der Waals surface area contributed by atoms with E-state index in [1.165, 1.54) is 13.2 Å². The summed E-state index contributed by atoms with van der Waals surface area (Å²) in [5, 5.41) is 7.95. The van der Waals surface area contributed by atoms with E-state index in [4.69, 9.17) is 9.88 Å². The number of carbonyl (C=O) groups is 1. The van der Waals surface area contributed by atoms with Crippen molar-refractivity contribution in [1.82, 2.24) is 5.32 Å². The number of carbonyl (C=O) groups excluding carboxylic acids is 1. The van der Waals surface area contributed by atoms with Crippen molar-refractivity contribution in [2.24, 2.45) is 5.14 Å². The van der Waals surface area contributed by atoms with Gasteiger partial charge in [-0.05, 0) is 30.5 Å². The molecule has 2 rings (SSSR count). The number of primary sulfonamides is 1. The zero-order valence-corrected chi connectivity index (χ0v) is 11.4. The molecule has 104 valence electrons. The van der Waals surface area contributed by atoms with Crippen molar-refractivity contribution in [3.05, 3.63) is 29.3 Å². The minimum Gasteiger partial charge on any atom is -0.380 e. The lowest BCUT2D eigenvalue weighted by molar-refractivity contribution is 0.0950. The number of benzene rings is 1. The molecule has 0 saturated heterocycles. The molecule has 6 nitrogen and oxygen atoms in total. The number of sulfonamides is 1. The zero-order valence-electron chi connectivity index (χ0n) is 10.5. The highest BCUT2D eigenvalue weighted by molar-refractivity contribution is 7.89. The Balaban J connectivity index is 2.34. The van der Waals surface area contributed by atoms with Crippen LogP contribution in [0.3, 0.4) is 0 Å². The van der Waals surface area contributed by atoms with Crippen LogP contribution >= 0.6 is 0 Å².